The molecular formula is C10H18O2Si. The van der Waals surface area contributed by atoms with Gasteiger partial charge < -0.3 is 10.2 Å². The third-order valence-corrected chi connectivity index (χ3v) is 3.26. The van der Waals surface area contributed by atoms with Crippen LogP contribution < -0.4 is 0 Å². The smallest absolute Gasteiger partial charge is 0.129 e. The van der Waals surface area contributed by atoms with E-state index in [1.165, 1.54) is 0 Å². The molecule has 74 valence electrons. The molecule has 0 aromatic heterocycles. The van der Waals surface area contributed by atoms with Crippen LogP contribution in [0.5, 0.6) is 0 Å². The minimum absolute atomic E-state index is 0.163. The second kappa shape index (κ2) is 3.83. The van der Waals surface area contributed by atoms with E-state index in [9.17, 15) is 0 Å². The summed E-state index contributed by atoms with van der Waals surface area (Å²) in [7, 11) is -1.29. The van der Waals surface area contributed by atoms with Gasteiger partial charge in [0, 0.05) is 31.0 Å². The van der Waals surface area contributed by atoms with Gasteiger partial charge in [-0.3, -0.25) is 0 Å². The van der Waals surface area contributed by atoms with E-state index in [1.807, 2.05) is 0 Å². The Balaban J connectivity index is 2.51. The molecule has 1 aliphatic rings. The number of hydrogen-bond donors (Lipinski definition) is 2. The monoisotopic (exact) mass is 198 g/mol. The SMILES string of the molecule is C[Si](C)(C)C#CC1C(CO)C1CO. The summed E-state index contributed by atoms with van der Waals surface area (Å²) in [5.41, 5.74) is 3.28. The number of aliphatic hydroxyl groups excluding tert-OH is 2. The van der Waals surface area contributed by atoms with Crippen LogP contribution in [0.4, 0.5) is 0 Å². The van der Waals surface area contributed by atoms with E-state index in [2.05, 4.69) is 31.1 Å². The van der Waals surface area contributed by atoms with Gasteiger partial charge in [-0.15, -0.1) is 11.5 Å². The fourth-order valence-electron chi connectivity index (χ4n) is 1.46. The minimum atomic E-state index is -1.29. The standard InChI is InChI=1S/C10H18O2Si/c1-13(2,3)5-4-8-9(6-11)10(8)7-12/h8-12H,6-7H2,1-3H3. The average Bonchev–Trinajstić information content (AvgIpc) is 2.71. The number of hydrogen-bond acceptors (Lipinski definition) is 2. The van der Waals surface area contributed by atoms with E-state index in [-0.39, 0.29) is 31.0 Å². The highest BCUT2D eigenvalue weighted by molar-refractivity contribution is 6.83. The van der Waals surface area contributed by atoms with Crippen LogP contribution in [0.25, 0.3) is 0 Å². The molecular weight excluding hydrogens is 180 g/mol. The van der Waals surface area contributed by atoms with E-state index in [4.69, 9.17) is 10.2 Å². The Morgan fingerprint density at radius 2 is 1.54 bits per heavy atom. The van der Waals surface area contributed by atoms with Crippen molar-refractivity contribution in [3.63, 3.8) is 0 Å². The Kier molecular flexibility index (Phi) is 3.17. The summed E-state index contributed by atoms with van der Waals surface area (Å²) in [6.07, 6.45) is 0. The molecule has 1 saturated carbocycles. The van der Waals surface area contributed by atoms with Gasteiger partial charge in [-0.1, -0.05) is 19.6 Å². The van der Waals surface area contributed by atoms with Crippen molar-refractivity contribution in [2.75, 3.05) is 13.2 Å². The van der Waals surface area contributed by atoms with Crippen molar-refractivity contribution in [1.29, 1.82) is 0 Å². The van der Waals surface area contributed by atoms with Gasteiger partial charge >= 0.3 is 0 Å². The first-order chi connectivity index (χ1) is 5.99. The molecule has 1 rings (SSSR count). The van der Waals surface area contributed by atoms with Crippen LogP contribution in [0.3, 0.4) is 0 Å². The van der Waals surface area contributed by atoms with E-state index in [0.717, 1.165) is 0 Å². The summed E-state index contributed by atoms with van der Waals surface area (Å²) >= 11 is 0. The van der Waals surface area contributed by atoms with Crippen LogP contribution in [0, 0.1) is 29.2 Å². The molecule has 0 heterocycles. The van der Waals surface area contributed by atoms with Gasteiger partial charge in [0.2, 0.25) is 0 Å². The largest absolute Gasteiger partial charge is 0.396 e. The van der Waals surface area contributed by atoms with Crippen molar-refractivity contribution < 1.29 is 10.2 Å². The molecule has 0 aliphatic heterocycles. The molecule has 0 saturated heterocycles. The fraction of sp³-hybridized carbons (Fsp3) is 0.800. The van der Waals surface area contributed by atoms with Crippen molar-refractivity contribution in [2.45, 2.75) is 19.6 Å². The van der Waals surface area contributed by atoms with Crippen molar-refractivity contribution in [3.05, 3.63) is 0 Å². The third kappa shape index (κ3) is 2.83. The number of aliphatic hydroxyl groups is 2. The molecule has 2 N–H and O–H groups in total. The normalized spacial score (nSPS) is 32.2. The molecule has 2 atom stereocenters. The van der Waals surface area contributed by atoms with Gasteiger partial charge in [0.25, 0.3) is 0 Å². The molecule has 1 aliphatic carbocycles. The molecule has 0 aromatic carbocycles. The van der Waals surface area contributed by atoms with Gasteiger partial charge in [-0.25, -0.2) is 0 Å². The molecule has 0 amide bonds. The zero-order valence-electron chi connectivity index (χ0n) is 8.54. The predicted molar refractivity (Wildman–Crippen MR) is 55.8 cm³/mol. The molecule has 2 nitrogen and oxygen atoms in total. The second-order valence-corrected chi connectivity index (χ2v) is 9.49. The van der Waals surface area contributed by atoms with Crippen molar-refractivity contribution >= 4 is 8.07 Å². The molecule has 2 unspecified atom stereocenters. The Labute approximate surface area is 81.0 Å². The Bertz CT molecular complexity index is 224. The second-order valence-electron chi connectivity index (χ2n) is 4.74. The lowest BCUT2D eigenvalue weighted by atomic mass is 10.3. The Morgan fingerprint density at radius 3 is 1.85 bits per heavy atom. The molecule has 1 fully saturated rings. The van der Waals surface area contributed by atoms with Crippen LogP contribution in [-0.4, -0.2) is 31.5 Å². The van der Waals surface area contributed by atoms with E-state index in [1.54, 1.807) is 0 Å². The highest BCUT2D eigenvalue weighted by Gasteiger charge is 2.48. The van der Waals surface area contributed by atoms with Gasteiger partial charge in [0.1, 0.15) is 8.07 Å². The zero-order valence-corrected chi connectivity index (χ0v) is 9.54. The zero-order chi connectivity index (χ0) is 10.1. The minimum Gasteiger partial charge on any atom is -0.396 e. The predicted octanol–water partition coefficient (Wildman–Crippen LogP) is 0.714. The third-order valence-electron chi connectivity index (χ3n) is 2.37. The fourth-order valence-corrected chi connectivity index (χ4v) is 2.06. The van der Waals surface area contributed by atoms with Crippen LogP contribution in [-0.2, 0) is 0 Å². The van der Waals surface area contributed by atoms with Gasteiger partial charge in [-0.2, -0.15) is 0 Å². The maximum absolute atomic E-state index is 8.94. The molecule has 0 bridgehead atoms. The summed E-state index contributed by atoms with van der Waals surface area (Å²) in [4.78, 5) is 0. The van der Waals surface area contributed by atoms with Crippen LogP contribution in [0.2, 0.25) is 19.6 Å². The number of rotatable bonds is 2. The maximum atomic E-state index is 8.94. The topological polar surface area (TPSA) is 40.5 Å². The van der Waals surface area contributed by atoms with Gasteiger partial charge in [-0.05, 0) is 0 Å². The van der Waals surface area contributed by atoms with E-state index < -0.39 is 8.07 Å². The first kappa shape index (κ1) is 10.8. The van der Waals surface area contributed by atoms with Crippen LogP contribution in [0.1, 0.15) is 0 Å². The lowest BCUT2D eigenvalue weighted by molar-refractivity contribution is 0.232. The van der Waals surface area contributed by atoms with E-state index >= 15 is 0 Å². The van der Waals surface area contributed by atoms with Gasteiger partial charge in [0.05, 0.1) is 0 Å². The van der Waals surface area contributed by atoms with Gasteiger partial charge in [0.15, 0.2) is 0 Å². The van der Waals surface area contributed by atoms with Crippen LogP contribution >= 0.6 is 0 Å². The lowest BCUT2D eigenvalue weighted by Crippen LogP contribution is -2.16. The first-order valence-corrected chi connectivity index (χ1v) is 8.24. The summed E-state index contributed by atoms with van der Waals surface area (Å²) < 4.78 is 0. The Morgan fingerprint density at radius 1 is 1.08 bits per heavy atom. The first-order valence-electron chi connectivity index (χ1n) is 4.74. The molecule has 0 spiro atoms. The summed E-state index contributed by atoms with van der Waals surface area (Å²) in [6.45, 7) is 6.92. The highest BCUT2D eigenvalue weighted by Crippen LogP contribution is 2.44. The molecule has 3 heteroatoms. The Hall–Kier alpha value is -0.303. The molecule has 0 radical (unpaired) electrons. The summed E-state index contributed by atoms with van der Waals surface area (Å²) in [5.74, 6) is 3.90. The molecule has 13 heavy (non-hydrogen) atoms. The summed E-state index contributed by atoms with van der Waals surface area (Å²) in [5, 5.41) is 17.9. The average molecular weight is 198 g/mol. The van der Waals surface area contributed by atoms with E-state index in [0.29, 0.717) is 0 Å². The lowest BCUT2D eigenvalue weighted by Gasteiger charge is -2.02. The van der Waals surface area contributed by atoms with Crippen molar-refractivity contribution in [1.82, 2.24) is 0 Å². The van der Waals surface area contributed by atoms with Crippen molar-refractivity contribution in [3.8, 4) is 11.5 Å². The molecule has 0 aromatic rings. The van der Waals surface area contributed by atoms with Crippen molar-refractivity contribution in [2.24, 2.45) is 17.8 Å². The van der Waals surface area contributed by atoms with Crippen LogP contribution in [0.15, 0.2) is 0 Å². The quantitative estimate of drug-likeness (QED) is 0.507. The highest BCUT2D eigenvalue weighted by atomic mass is 28.3. The maximum Gasteiger partial charge on any atom is 0.129 e. The summed E-state index contributed by atoms with van der Waals surface area (Å²) in [6, 6.07) is 0.